The van der Waals surface area contributed by atoms with Crippen molar-refractivity contribution in [2.24, 2.45) is 0 Å². The topological polar surface area (TPSA) is 99.5 Å². The molecule has 1 amide bonds. The monoisotopic (exact) mass is 393 g/mol. The van der Waals surface area contributed by atoms with Crippen LogP contribution in [0.1, 0.15) is 34.1 Å². The summed E-state index contributed by atoms with van der Waals surface area (Å²) in [5, 5.41) is 7.10. The highest BCUT2D eigenvalue weighted by Crippen LogP contribution is 2.28. The van der Waals surface area contributed by atoms with Crippen LogP contribution in [0, 0.1) is 6.92 Å². The molecule has 27 heavy (non-hydrogen) atoms. The predicted molar refractivity (Wildman–Crippen MR) is 100.0 cm³/mol. The van der Waals surface area contributed by atoms with Crippen LogP contribution in [0.2, 0.25) is 0 Å². The van der Waals surface area contributed by atoms with Gasteiger partial charge in [-0.15, -0.1) is 0 Å². The van der Waals surface area contributed by atoms with Crippen LogP contribution in [0.3, 0.4) is 0 Å². The first-order valence-electron chi connectivity index (χ1n) is 8.58. The summed E-state index contributed by atoms with van der Waals surface area (Å²) in [4.78, 5) is 12.5. The molecule has 9 heteroatoms. The van der Waals surface area contributed by atoms with E-state index in [1.807, 2.05) is 6.07 Å². The number of amides is 1. The van der Waals surface area contributed by atoms with Gasteiger partial charge < -0.3 is 14.8 Å². The fourth-order valence-corrected chi connectivity index (χ4v) is 4.94. The zero-order chi connectivity index (χ0) is 19.6. The lowest BCUT2D eigenvalue weighted by Gasteiger charge is -2.12. The minimum absolute atomic E-state index is 0.0716. The molecule has 1 atom stereocenters. The third-order valence-electron chi connectivity index (χ3n) is 4.74. The summed E-state index contributed by atoms with van der Waals surface area (Å²) in [5.41, 5.74) is 1.98. The molecule has 0 bridgehead atoms. The van der Waals surface area contributed by atoms with E-state index in [4.69, 9.17) is 9.47 Å². The van der Waals surface area contributed by atoms with Gasteiger partial charge in [-0.05, 0) is 31.0 Å². The first-order valence-corrected chi connectivity index (χ1v) is 10.4. The van der Waals surface area contributed by atoms with E-state index >= 15 is 0 Å². The Morgan fingerprint density at radius 3 is 2.67 bits per heavy atom. The van der Waals surface area contributed by atoms with Crippen molar-refractivity contribution in [1.29, 1.82) is 0 Å². The van der Waals surface area contributed by atoms with Gasteiger partial charge in [-0.1, -0.05) is 6.07 Å². The number of ether oxygens (including phenoxy) is 2. The van der Waals surface area contributed by atoms with Gasteiger partial charge in [-0.3, -0.25) is 9.48 Å². The van der Waals surface area contributed by atoms with Crippen molar-refractivity contribution in [3.63, 3.8) is 0 Å². The van der Waals surface area contributed by atoms with E-state index in [1.165, 1.54) is 6.20 Å². The van der Waals surface area contributed by atoms with Crippen LogP contribution in [-0.4, -0.2) is 49.8 Å². The summed E-state index contributed by atoms with van der Waals surface area (Å²) in [5.74, 6) is 1.20. The van der Waals surface area contributed by atoms with Gasteiger partial charge in [-0.25, -0.2) is 8.42 Å². The Kier molecular flexibility index (Phi) is 5.41. The number of nitrogens with one attached hydrogen (secondary N) is 1. The van der Waals surface area contributed by atoms with Crippen LogP contribution < -0.4 is 14.8 Å². The minimum Gasteiger partial charge on any atom is -0.493 e. The number of aromatic nitrogens is 2. The second kappa shape index (κ2) is 7.59. The van der Waals surface area contributed by atoms with Crippen molar-refractivity contribution in [1.82, 2.24) is 15.1 Å². The number of carbonyl (C=O) groups is 1. The predicted octanol–water partition coefficient (Wildman–Crippen LogP) is 1.50. The van der Waals surface area contributed by atoms with Gasteiger partial charge in [-0.2, -0.15) is 5.10 Å². The summed E-state index contributed by atoms with van der Waals surface area (Å²) in [6.07, 6.45) is 2.02. The molecular weight excluding hydrogens is 370 g/mol. The molecule has 0 aliphatic carbocycles. The van der Waals surface area contributed by atoms with E-state index in [0.717, 1.165) is 5.56 Å². The number of nitrogens with zero attached hydrogens (tertiary/aromatic N) is 2. The lowest BCUT2D eigenvalue weighted by atomic mass is 10.2. The van der Waals surface area contributed by atoms with Gasteiger partial charge in [0.1, 0.15) is 0 Å². The molecule has 2 heterocycles. The first kappa shape index (κ1) is 19.2. The molecule has 8 nitrogen and oxygen atoms in total. The summed E-state index contributed by atoms with van der Waals surface area (Å²) in [6, 6.07) is 5.23. The Balaban J connectivity index is 1.69. The molecule has 146 valence electrons. The molecule has 1 aliphatic heterocycles. The van der Waals surface area contributed by atoms with Crippen molar-refractivity contribution in [2.75, 3.05) is 25.7 Å². The van der Waals surface area contributed by atoms with Gasteiger partial charge >= 0.3 is 0 Å². The number of carbonyl (C=O) groups excluding carboxylic acids is 1. The van der Waals surface area contributed by atoms with Crippen molar-refractivity contribution >= 4 is 15.7 Å². The Hall–Kier alpha value is -2.55. The van der Waals surface area contributed by atoms with Crippen molar-refractivity contribution in [2.45, 2.75) is 25.9 Å². The number of sulfone groups is 1. The van der Waals surface area contributed by atoms with Crippen LogP contribution in [0.15, 0.2) is 24.4 Å². The molecule has 3 rings (SSSR count). The highest BCUT2D eigenvalue weighted by Gasteiger charge is 2.31. The molecule has 2 aromatic rings. The van der Waals surface area contributed by atoms with E-state index in [-0.39, 0.29) is 23.5 Å². The molecule has 1 fully saturated rings. The zero-order valence-corrected chi connectivity index (χ0v) is 16.4. The van der Waals surface area contributed by atoms with Gasteiger partial charge in [0.25, 0.3) is 5.91 Å². The zero-order valence-electron chi connectivity index (χ0n) is 15.6. The maximum atomic E-state index is 12.5. The first-order chi connectivity index (χ1) is 12.8. The second-order valence-electron chi connectivity index (χ2n) is 6.52. The minimum atomic E-state index is -3.01. The largest absolute Gasteiger partial charge is 0.493 e. The third kappa shape index (κ3) is 4.08. The van der Waals surface area contributed by atoms with Gasteiger partial charge in [0.15, 0.2) is 21.3 Å². The number of hydrogen-bond donors (Lipinski definition) is 1. The maximum Gasteiger partial charge on any atom is 0.255 e. The molecule has 1 aliphatic rings. The molecular formula is C18H23N3O5S. The number of rotatable bonds is 6. The summed E-state index contributed by atoms with van der Waals surface area (Å²) in [6.45, 7) is 2.10. The SMILES string of the molecule is COc1ccc(CNC(=O)c2cnn(C3CCS(=O)(=O)C3)c2C)cc1OC. The van der Waals surface area contributed by atoms with Crippen LogP contribution in [0.5, 0.6) is 11.5 Å². The summed E-state index contributed by atoms with van der Waals surface area (Å²) < 4.78 is 35.5. The van der Waals surface area contributed by atoms with E-state index < -0.39 is 9.84 Å². The van der Waals surface area contributed by atoms with Gasteiger partial charge in [0.2, 0.25) is 0 Å². The standard InChI is InChI=1S/C18H23N3O5S/c1-12-15(10-20-21(12)14-6-7-27(23,24)11-14)18(22)19-9-13-4-5-16(25-2)17(8-13)26-3/h4-5,8,10,14H,6-7,9,11H2,1-3H3,(H,19,22). The molecule has 1 aromatic heterocycles. The lowest BCUT2D eigenvalue weighted by molar-refractivity contribution is 0.0950. The van der Waals surface area contributed by atoms with Gasteiger partial charge in [0.05, 0.1) is 43.5 Å². The van der Waals surface area contributed by atoms with Crippen LogP contribution in [0.4, 0.5) is 0 Å². The van der Waals surface area contributed by atoms with Gasteiger partial charge in [0, 0.05) is 12.2 Å². The fraction of sp³-hybridized carbons (Fsp3) is 0.444. The molecule has 0 spiro atoms. The van der Waals surface area contributed by atoms with E-state index in [9.17, 15) is 13.2 Å². The van der Waals surface area contributed by atoms with E-state index in [0.29, 0.717) is 35.7 Å². The third-order valence-corrected chi connectivity index (χ3v) is 6.49. The molecule has 1 unspecified atom stereocenters. The summed E-state index contributed by atoms with van der Waals surface area (Å²) in [7, 11) is 0.108. The van der Waals surface area contributed by atoms with Crippen LogP contribution >= 0.6 is 0 Å². The van der Waals surface area contributed by atoms with Crippen molar-refractivity contribution < 1.29 is 22.7 Å². The van der Waals surface area contributed by atoms with Crippen molar-refractivity contribution in [3.05, 3.63) is 41.2 Å². The highest BCUT2D eigenvalue weighted by molar-refractivity contribution is 7.91. The Bertz CT molecular complexity index is 952. The fourth-order valence-electron chi connectivity index (χ4n) is 3.25. The summed E-state index contributed by atoms with van der Waals surface area (Å²) >= 11 is 0. The average Bonchev–Trinajstić information content (AvgIpc) is 3.21. The highest BCUT2D eigenvalue weighted by atomic mass is 32.2. The van der Waals surface area contributed by atoms with Crippen LogP contribution in [-0.2, 0) is 16.4 Å². The van der Waals surface area contributed by atoms with Crippen molar-refractivity contribution in [3.8, 4) is 11.5 Å². The second-order valence-corrected chi connectivity index (χ2v) is 8.75. The molecule has 1 saturated heterocycles. The average molecular weight is 393 g/mol. The molecule has 0 radical (unpaired) electrons. The van der Waals surface area contributed by atoms with Crippen LogP contribution in [0.25, 0.3) is 0 Å². The normalized spacial score (nSPS) is 18.3. The Morgan fingerprint density at radius 2 is 2.04 bits per heavy atom. The maximum absolute atomic E-state index is 12.5. The van der Waals surface area contributed by atoms with E-state index in [1.54, 1.807) is 38.0 Å². The Morgan fingerprint density at radius 1 is 1.30 bits per heavy atom. The number of hydrogen-bond acceptors (Lipinski definition) is 6. The van der Waals surface area contributed by atoms with E-state index in [2.05, 4.69) is 10.4 Å². The molecule has 1 N–H and O–H groups in total. The quantitative estimate of drug-likeness (QED) is 0.798. The molecule has 0 saturated carbocycles. The molecule has 1 aromatic carbocycles. The lowest BCUT2D eigenvalue weighted by Crippen LogP contribution is -2.23. The number of benzene rings is 1. The number of methoxy groups -OCH3 is 2. The Labute approximate surface area is 158 Å². The smallest absolute Gasteiger partial charge is 0.255 e.